The van der Waals surface area contributed by atoms with E-state index in [1.165, 1.54) is 11.6 Å². The third-order valence-corrected chi connectivity index (χ3v) is 3.02. The van der Waals surface area contributed by atoms with Crippen LogP contribution in [0.15, 0.2) is 36.4 Å². The van der Waals surface area contributed by atoms with Crippen LogP contribution in [0.1, 0.15) is 29.4 Å². The second-order valence-corrected chi connectivity index (χ2v) is 4.74. The molecule has 0 unspecified atom stereocenters. The standard InChI is InChI=1S/C15H14ClNO2/c1-2-3-10-4-6-11(7-5-10)13-8-12(16)9-14(17-13)15(18)19/h4-9H,2-3H2,1H3,(H,18,19). The highest BCUT2D eigenvalue weighted by molar-refractivity contribution is 6.31. The van der Waals surface area contributed by atoms with Gasteiger partial charge in [-0.2, -0.15) is 0 Å². The van der Waals surface area contributed by atoms with Gasteiger partial charge in [-0.15, -0.1) is 0 Å². The molecule has 4 heteroatoms. The van der Waals surface area contributed by atoms with Gasteiger partial charge in [0.15, 0.2) is 0 Å². The number of nitrogens with zero attached hydrogens (tertiary/aromatic N) is 1. The molecule has 2 aromatic rings. The average Bonchev–Trinajstić information content (AvgIpc) is 2.39. The Labute approximate surface area is 116 Å². The number of halogens is 1. The largest absolute Gasteiger partial charge is 0.477 e. The zero-order valence-electron chi connectivity index (χ0n) is 10.6. The summed E-state index contributed by atoms with van der Waals surface area (Å²) in [4.78, 5) is 15.0. The third-order valence-electron chi connectivity index (χ3n) is 2.80. The first-order valence-electron chi connectivity index (χ1n) is 6.10. The van der Waals surface area contributed by atoms with Gasteiger partial charge in [-0.1, -0.05) is 49.2 Å². The number of benzene rings is 1. The molecule has 0 aliphatic heterocycles. The lowest BCUT2D eigenvalue weighted by Gasteiger charge is -2.05. The average molecular weight is 276 g/mol. The second kappa shape index (κ2) is 5.85. The predicted molar refractivity (Wildman–Crippen MR) is 75.6 cm³/mol. The van der Waals surface area contributed by atoms with Crippen molar-refractivity contribution in [3.8, 4) is 11.3 Å². The van der Waals surface area contributed by atoms with Gasteiger partial charge in [-0.25, -0.2) is 9.78 Å². The zero-order valence-corrected chi connectivity index (χ0v) is 11.3. The summed E-state index contributed by atoms with van der Waals surface area (Å²) < 4.78 is 0. The van der Waals surface area contributed by atoms with Gasteiger partial charge in [-0.05, 0) is 24.1 Å². The van der Waals surface area contributed by atoms with Crippen molar-refractivity contribution >= 4 is 17.6 Å². The molecule has 1 aromatic heterocycles. The second-order valence-electron chi connectivity index (χ2n) is 4.31. The molecule has 0 saturated carbocycles. The SMILES string of the molecule is CCCc1ccc(-c2cc(Cl)cc(C(=O)O)n2)cc1. The van der Waals surface area contributed by atoms with Crippen molar-refractivity contribution in [1.29, 1.82) is 0 Å². The monoisotopic (exact) mass is 275 g/mol. The topological polar surface area (TPSA) is 50.2 Å². The normalized spacial score (nSPS) is 10.4. The number of carboxylic acid groups (broad SMARTS) is 1. The highest BCUT2D eigenvalue weighted by Gasteiger charge is 2.09. The minimum atomic E-state index is -1.08. The molecule has 1 N–H and O–H groups in total. The molecule has 0 radical (unpaired) electrons. The molecule has 2 rings (SSSR count). The summed E-state index contributed by atoms with van der Waals surface area (Å²) in [5.41, 5.74) is 2.66. The molecule has 1 aromatic carbocycles. The van der Waals surface area contributed by atoms with Crippen LogP contribution in [-0.4, -0.2) is 16.1 Å². The zero-order chi connectivity index (χ0) is 13.8. The van der Waals surface area contributed by atoms with E-state index in [1.54, 1.807) is 6.07 Å². The van der Waals surface area contributed by atoms with Crippen LogP contribution in [0.25, 0.3) is 11.3 Å². The maximum absolute atomic E-state index is 11.0. The third kappa shape index (κ3) is 3.32. The van der Waals surface area contributed by atoms with Gasteiger partial charge in [-0.3, -0.25) is 0 Å². The molecule has 19 heavy (non-hydrogen) atoms. The van der Waals surface area contributed by atoms with Gasteiger partial charge in [0.25, 0.3) is 0 Å². The van der Waals surface area contributed by atoms with E-state index in [2.05, 4.69) is 11.9 Å². The number of rotatable bonds is 4. The minimum Gasteiger partial charge on any atom is -0.477 e. The van der Waals surface area contributed by atoms with Crippen LogP contribution in [0.5, 0.6) is 0 Å². The molecular weight excluding hydrogens is 262 g/mol. The number of aromatic carboxylic acids is 1. The van der Waals surface area contributed by atoms with Crippen molar-refractivity contribution in [2.75, 3.05) is 0 Å². The summed E-state index contributed by atoms with van der Waals surface area (Å²) >= 11 is 5.92. The smallest absolute Gasteiger partial charge is 0.354 e. The first-order valence-corrected chi connectivity index (χ1v) is 6.48. The number of carbonyl (C=O) groups is 1. The first-order chi connectivity index (χ1) is 9.10. The van der Waals surface area contributed by atoms with E-state index in [4.69, 9.17) is 16.7 Å². The van der Waals surface area contributed by atoms with E-state index in [1.807, 2.05) is 24.3 Å². The molecule has 0 atom stereocenters. The molecule has 0 fully saturated rings. The molecule has 0 spiro atoms. The highest BCUT2D eigenvalue weighted by Crippen LogP contribution is 2.22. The van der Waals surface area contributed by atoms with Crippen molar-refractivity contribution < 1.29 is 9.90 Å². The Kier molecular flexibility index (Phi) is 4.17. The summed E-state index contributed by atoms with van der Waals surface area (Å²) in [5.74, 6) is -1.08. The maximum atomic E-state index is 11.0. The maximum Gasteiger partial charge on any atom is 0.354 e. The van der Waals surface area contributed by atoms with E-state index in [0.29, 0.717) is 10.7 Å². The molecule has 0 saturated heterocycles. The van der Waals surface area contributed by atoms with Gasteiger partial charge < -0.3 is 5.11 Å². The molecule has 0 bridgehead atoms. The molecular formula is C15H14ClNO2. The van der Waals surface area contributed by atoms with Crippen LogP contribution in [0.2, 0.25) is 5.02 Å². The predicted octanol–water partition coefficient (Wildman–Crippen LogP) is 4.05. The Morgan fingerprint density at radius 2 is 1.95 bits per heavy atom. The Hall–Kier alpha value is -1.87. The Balaban J connectivity index is 2.38. The molecule has 3 nitrogen and oxygen atoms in total. The molecule has 0 aliphatic carbocycles. The molecule has 0 amide bonds. The Morgan fingerprint density at radius 3 is 2.53 bits per heavy atom. The van der Waals surface area contributed by atoms with Crippen LogP contribution in [0.4, 0.5) is 0 Å². The number of hydrogen-bond donors (Lipinski definition) is 1. The number of aryl methyl sites for hydroxylation is 1. The summed E-state index contributed by atoms with van der Waals surface area (Å²) in [5, 5.41) is 9.35. The highest BCUT2D eigenvalue weighted by atomic mass is 35.5. The summed E-state index contributed by atoms with van der Waals surface area (Å²) in [6.45, 7) is 2.13. The molecule has 98 valence electrons. The summed E-state index contributed by atoms with van der Waals surface area (Å²) in [7, 11) is 0. The van der Waals surface area contributed by atoms with E-state index < -0.39 is 5.97 Å². The number of pyridine rings is 1. The van der Waals surface area contributed by atoms with Crippen molar-refractivity contribution in [2.24, 2.45) is 0 Å². The fourth-order valence-electron chi connectivity index (χ4n) is 1.89. The molecule has 0 aliphatic rings. The van der Waals surface area contributed by atoms with E-state index in [9.17, 15) is 4.79 Å². The van der Waals surface area contributed by atoms with Crippen molar-refractivity contribution in [3.63, 3.8) is 0 Å². The van der Waals surface area contributed by atoms with E-state index in [-0.39, 0.29) is 5.69 Å². The lowest BCUT2D eigenvalue weighted by molar-refractivity contribution is 0.0690. The van der Waals surface area contributed by atoms with Gasteiger partial charge in [0.1, 0.15) is 5.69 Å². The lowest BCUT2D eigenvalue weighted by Crippen LogP contribution is -2.01. The van der Waals surface area contributed by atoms with Crippen LogP contribution < -0.4 is 0 Å². The Bertz CT molecular complexity index is 594. The van der Waals surface area contributed by atoms with Gasteiger partial charge in [0.2, 0.25) is 0 Å². The van der Waals surface area contributed by atoms with Crippen LogP contribution >= 0.6 is 11.6 Å². The van der Waals surface area contributed by atoms with Crippen molar-refractivity contribution in [2.45, 2.75) is 19.8 Å². The fourth-order valence-corrected chi connectivity index (χ4v) is 2.09. The summed E-state index contributed by atoms with van der Waals surface area (Å²) in [6.07, 6.45) is 2.13. The minimum absolute atomic E-state index is 0.0415. The lowest BCUT2D eigenvalue weighted by atomic mass is 10.1. The van der Waals surface area contributed by atoms with E-state index >= 15 is 0 Å². The van der Waals surface area contributed by atoms with E-state index in [0.717, 1.165) is 18.4 Å². The van der Waals surface area contributed by atoms with Gasteiger partial charge in [0, 0.05) is 10.6 Å². The van der Waals surface area contributed by atoms with Gasteiger partial charge >= 0.3 is 5.97 Å². The number of hydrogen-bond acceptors (Lipinski definition) is 2. The van der Waals surface area contributed by atoms with Crippen LogP contribution in [0, 0.1) is 0 Å². The summed E-state index contributed by atoms with van der Waals surface area (Å²) in [6, 6.07) is 11.0. The number of carboxylic acids is 1. The number of aromatic nitrogens is 1. The van der Waals surface area contributed by atoms with Crippen molar-refractivity contribution in [1.82, 2.24) is 4.98 Å². The quantitative estimate of drug-likeness (QED) is 0.916. The first kappa shape index (κ1) is 13.6. The molecule has 1 heterocycles. The van der Waals surface area contributed by atoms with Crippen LogP contribution in [-0.2, 0) is 6.42 Å². The van der Waals surface area contributed by atoms with Crippen LogP contribution in [0.3, 0.4) is 0 Å². The van der Waals surface area contributed by atoms with Gasteiger partial charge in [0.05, 0.1) is 5.69 Å². The van der Waals surface area contributed by atoms with Crippen molar-refractivity contribution in [3.05, 3.63) is 52.7 Å². The fraction of sp³-hybridized carbons (Fsp3) is 0.200. The Morgan fingerprint density at radius 1 is 1.26 bits per heavy atom.